The number of fused-ring (bicyclic) bond motifs is 1. The number of carbonyl (C=O) groups excluding carboxylic acids is 1. The minimum absolute atomic E-state index is 0.116. The predicted octanol–water partition coefficient (Wildman–Crippen LogP) is 3.82. The summed E-state index contributed by atoms with van der Waals surface area (Å²) in [5.74, 6) is 0.451. The number of amides is 1. The molecule has 1 aliphatic heterocycles. The zero-order chi connectivity index (χ0) is 22.6. The second kappa shape index (κ2) is 9.32. The fourth-order valence-electron chi connectivity index (χ4n) is 3.49. The lowest BCUT2D eigenvalue weighted by Gasteiger charge is -2.34. The van der Waals surface area contributed by atoms with Crippen LogP contribution < -0.4 is 19.1 Å². The van der Waals surface area contributed by atoms with Crippen LogP contribution in [0.4, 0.5) is 11.4 Å². The molecular weight excluding hydrogens is 428 g/mol. The predicted molar refractivity (Wildman–Crippen MR) is 124 cm³/mol. The fourth-order valence-corrected chi connectivity index (χ4v) is 5.07. The zero-order valence-electron chi connectivity index (χ0n) is 17.6. The van der Waals surface area contributed by atoms with E-state index in [1.54, 1.807) is 72.8 Å². The van der Waals surface area contributed by atoms with E-state index in [4.69, 9.17) is 9.47 Å². The Hall–Kier alpha value is -3.52. The standard InChI is InChI=1S/C24H24N2O5S/c1-2-30-20-14-12-19(13-15-20)25-24(27)23-16-26(21-10-6-7-11-22(21)31-23)32(28,29)17-18-8-4-3-5-9-18/h3-15,23H,2,16-17H2,1H3,(H,25,27). The maximum absolute atomic E-state index is 13.3. The lowest BCUT2D eigenvalue weighted by molar-refractivity contribution is -0.122. The normalized spacial score (nSPS) is 15.4. The Morgan fingerprint density at radius 1 is 1.03 bits per heavy atom. The number of ether oxygens (including phenoxy) is 2. The van der Waals surface area contributed by atoms with Crippen LogP contribution >= 0.6 is 0 Å². The highest BCUT2D eigenvalue weighted by Gasteiger charge is 2.36. The molecule has 1 unspecified atom stereocenters. The molecule has 0 aromatic heterocycles. The molecule has 1 N–H and O–H groups in total. The topological polar surface area (TPSA) is 84.9 Å². The average Bonchev–Trinajstić information content (AvgIpc) is 2.80. The zero-order valence-corrected chi connectivity index (χ0v) is 18.4. The van der Waals surface area contributed by atoms with Crippen molar-refractivity contribution >= 4 is 27.3 Å². The summed E-state index contributed by atoms with van der Waals surface area (Å²) in [6.45, 7) is 2.33. The number of carbonyl (C=O) groups is 1. The summed E-state index contributed by atoms with van der Waals surface area (Å²) in [4.78, 5) is 12.9. The van der Waals surface area contributed by atoms with Crippen molar-refractivity contribution in [3.63, 3.8) is 0 Å². The molecule has 166 valence electrons. The maximum atomic E-state index is 13.3. The maximum Gasteiger partial charge on any atom is 0.267 e. The molecule has 0 aliphatic carbocycles. The first-order valence-corrected chi connectivity index (χ1v) is 11.9. The van der Waals surface area contributed by atoms with Crippen molar-refractivity contribution in [2.45, 2.75) is 18.8 Å². The van der Waals surface area contributed by atoms with Crippen molar-refractivity contribution in [2.24, 2.45) is 0 Å². The smallest absolute Gasteiger partial charge is 0.267 e. The summed E-state index contributed by atoms with van der Waals surface area (Å²) >= 11 is 0. The molecule has 4 rings (SSSR count). The van der Waals surface area contributed by atoms with Crippen LogP contribution in [0.1, 0.15) is 12.5 Å². The third kappa shape index (κ3) is 4.86. The van der Waals surface area contributed by atoms with Gasteiger partial charge in [0.15, 0.2) is 6.10 Å². The Balaban J connectivity index is 1.55. The molecule has 0 saturated carbocycles. The highest BCUT2D eigenvalue weighted by atomic mass is 32.2. The highest BCUT2D eigenvalue weighted by Crippen LogP contribution is 2.36. The minimum Gasteiger partial charge on any atom is -0.494 e. The third-order valence-electron chi connectivity index (χ3n) is 4.99. The molecule has 0 bridgehead atoms. The first-order valence-electron chi connectivity index (χ1n) is 10.3. The van der Waals surface area contributed by atoms with Crippen LogP contribution in [0, 0.1) is 0 Å². The molecule has 1 amide bonds. The van der Waals surface area contributed by atoms with Gasteiger partial charge in [-0.25, -0.2) is 8.42 Å². The first kappa shape index (κ1) is 21.7. The molecule has 1 heterocycles. The van der Waals surface area contributed by atoms with E-state index < -0.39 is 22.0 Å². The van der Waals surface area contributed by atoms with E-state index >= 15 is 0 Å². The Labute approximate surface area is 187 Å². The van der Waals surface area contributed by atoms with Crippen molar-refractivity contribution in [3.8, 4) is 11.5 Å². The van der Waals surface area contributed by atoms with E-state index in [0.29, 0.717) is 35.0 Å². The van der Waals surface area contributed by atoms with Gasteiger partial charge in [0.25, 0.3) is 5.91 Å². The number of rotatable bonds is 7. The molecule has 3 aromatic carbocycles. The molecule has 0 fully saturated rings. The SMILES string of the molecule is CCOc1ccc(NC(=O)C2CN(S(=O)(=O)Cc3ccccc3)c3ccccc3O2)cc1. The number of nitrogens with zero attached hydrogens (tertiary/aromatic N) is 1. The van der Waals surface area contributed by atoms with Gasteiger partial charge < -0.3 is 14.8 Å². The Bertz CT molecular complexity index is 1180. The molecule has 0 spiro atoms. The summed E-state index contributed by atoms with van der Waals surface area (Å²) in [5, 5.41) is 2.79. The summed E-state index contributed by atoms with van der Waals surface area (Å²) in [7, 11) is -3.74. The van der Waals surface area contributed by atoms with Crippen LogP contribution in [0.25, 0.3) is 0 Å². The molecule has 3 aromatic rings. The molecule has 8 heteroatoms. The van der Waals surface area contributed by atoms with Crippen molar-refractivity contribution in [1.29, 1.82) is 0 Å². The highest BCUT2D eigenvalue weighted by molar-refractivity contribution is 7.92. The first-order chi connectivity index (χ1) is 15.5. The number of hydrogen-bond donors (Lipinski definition) is 1. The van der Waals surface area contributed by atoms with Gasteiger partial charge in [0.2, 0.25) is 10.0 Å². The second-order valence-electron chi connectivity index (χ2n) is 7.29. The van der Waals surface area contributed by atoms with Gasteiger partial charge in [-0.3, -0.25) is 9.10 Å². The number of nitrogens with one attached hydrogen (secondary N) is 1. The number of anilines is 2. The van der Waals surface area contributed by atoms with E-state index in [1.807, 2.05) is 13.0 Å². The molecule has 0 radical (unpaired) electrons. The lowest BCUT2D eigenvalue weighted by atomic mass is 10.2. The third-order valence-corrected chi connectivity index (χ3v) is 6.70. The summed E-state index contributed by atoms with van der Waals surface area (Å²) in [6.07, 6.45) is -0.998. The van der Waals surface area contributed by atoms with Gasteiger partial charge in [0.1, 0.15) is 11.5 Å². The van der Waals surface area contributed by atoms with Gasteiger partial charge in [-0.15, -0.1) is 0 Å². The molecule has 7 nitrogen and oxygen atoms in total. The summed E-state index contributed by atoms with van der Waals surface area (Å²) in [5.41, 5.74) is 1.67. The van der Waals surface area contributed by atoms with Crippen molar-refractivity contribution in [1.82, 2.24) is 0 Å². The molecule has 32 heavy (non-hydrogen) atoms. The largest absolute Gasteiger partial charge is 0.494 e. The van der Waals surface area contributed by atoms with E-state index in [9.17, 15) is 13.2 Å². The van der Waals surface area contributed by atoms with Crippen LogP contribution in [0.3, 0.4) is 0 Å². The number of sulfonamides is 1. The quantitative estimate of drug-likeness (QED) is 0.589. The van der Waals surface area contributed by atoms with E-state index in [2.05, 4.69) is 5.32 Å². The number of benzene rings is 3. The van der Waals surface area contributed by atoms with Gasteiger partial charge in [-0.2, -0.15) is 0 Å². The van der Waals surface area contributed by atoms with Gasteiger partial charge in [0, 0.05) is 5.69 Å². The minimum atomic E-state index is -3.74. The van der Waals surface area contributed by atoms with E-state index in [0.717, 1.165) is 0 Å². The van der Waals surface area contributed by atoms with Crippen molar-refractivity contribution in [3.05, 3.63) is 84.4 Å². The average molecular weight is 453 g/mol. The van der Waals surface area contributed by atoms with Gasteiger partial charge >= 0.3 is 0 Å². The summed E-state index contributed by atoms with van der Waals surface area (Å²) in [6, 6.07) is 22.8. The van der Waals surface area contributed by atoms with Crippen LogP contribution in [0.5, 0.6) is 11.5 Å². The van der Waals surface area contributed by atoms with E-state index in [1.165, 1.54) is 4.31 Å². The Morgan fingerprint density at radius 3 is 2.44 bits per heavy atom. The van der Waals surface area contributed by atoms with Gasteiger partial charge in [0.05, 0.1) is 24.6 Å². The molecule has 1 atom stereocenters. The number of hydrogen-bond acceptors (Lipinski definition) is 5. The molecule has 1 aliphatic rings. The summed E-state index contributed by atoms with van der Waals surface area (Å²) < 4.78 is 39.1. The Kier molecular flexibility index (Phi) is 6.32. The fraction of sp³-hybridized carbons (Fsp3) is 0.208. The van der Waals surface area contributed by atoms with Gasteiger partial charge in [-0.1, -0.05) is 42.5 Å². The Morgan fingerprint density at radius 2 is 1.72 bits per heavy atom. The lowest BCUT2D eigenvalue weighted by Crippen LogP contribution is -2.49. The van der Waals surface area contributed by atoms with Crippen LogP contribution in [0.15, 0.2) is 78.9 Å². The number of para-hydroxylation sites is 2. The second-order valence-corrected chi connectivity index (χ2v) is 9.19. The van der Waals surface area contributed by atoms with E-state index in [-0.39, 0.29) is 12.3 Å². The van der Waals surface area contributed by atoms with Crippen molar-refractivity contribution < 1.29 is 22.7 Å². The van der Waals surface area contributed by atoms with Crippen LogP contribution in [-0.2, 0) is 20.6 Å². The van der Waals surface area contributed by atoms with Gasteiger partial charge in [-0.05, 0) is 48.9 Å². The van der Waals surface area contributed by atoms with Crippen LogP contribution in [-0.4, -0.2) is 33.6 Å². The molecule has 0 saturated heterocycles. The molecular formula is C24H24N2O5S. The van der Waals surface area contributed by atoms with Crippen LogP contribution in [0.2, 0.25) is 0 Å². The monoisotopic (exact) mass is 452 g/mol. The van der Waals surface area contributed by atoms with Crippen molar-refractivity contribution in [2.75, 3.05) is 22.8 Å².